The number of halogens is 1. The van der Waals surface area contributed by atoms with Gasteiger partial charge in [-0.25, -0.2) is 4.98 Å². The van der Waals surface area contributed by atoms with Gasteiger partial charge >= 0.3 is 0 Å². The van der Waals surface area contributed by atoms with E-state index in [-0.39, 0.29) is 12.5 Å². The van der Waals surface area contributed by atoms with Gasteiger partial charge in [-0.1, -0.05) is 6.92 Å². The number of methoxy groups -OCH3 is 1. The van der Waals surface area contributed by atoms with Gasteiger partial charge < -0.3 is 14.6 Å². The Balaban J connectivity index is 2.36. The number of pyridine rings is 1. The average Bonchev–Trinajstić information content (AvgIpc) is 2.82. The molecule has 0 saturated carbocycles. The molecule has 2 aromatic heterocycles. The van der Waals surface area contributed by atoms with Crippen LogP contribution in [0.3, 0.4) is 0 Å². The van der Waals surface area contributed by atoms with E-state index in [1.807, 2.05) is 13.0 Å². The first-order valence-electron chi connectivity index (χ1n) is 6.92. The summed E-state index contributed by atoms with van der Waals surface area (Å²) in [5.74, 6) is 1.64. The van der Waals surface area contributed by atoms with Crippen LogP contribution in [0.2, 0.25) is 0 Å². The molecule has 1 N–H and O–H groups in total. The highest BCUT2D eigenvalue weighted by Gasteiger charge is 2.15. The van der Waals surface area contributed by atoms with Crippen LogP contribution < -0.4 is 10.1 Å². The molecule has 2 heterocycles. The van der Waals surface area contributed by atoms with Crippen LogP contribution in [0.15, 0.2) is 12.1 Å². The van der Waals surface area contributed by atoms with E-state index in [0.29, 0.717) is 30.4 Å². The lowest BCUT2D eigenvalue weighted by Crippen LogP contribution is -2.28. The Bertz CT molecular complexity index is 627. The molecule has 0 fully saturated rings. The van der Waals surface area contributed by atoms with Crippen molar-refractivity contribution in [3.05, 3.63) is 18.0 Å². The molecule has 21 heavy (non-hydrogen) atoms. The van der Waals surface area contributed by atoms with Crippen molar-refractivity contribution in [3.8, 4) is 5.88 Å². The minimum Gasteiger partial charge on any atom is -0.481 e. The number of ether oxygens (including phenoxy) is 1. The molecule has 0 atom stereocenters. The fraction of sp³-hybridized carbons (Fsp3) is 0.500. The van der Waals surface area contributed by atoms with E-state index < -0.39 is 0 Å². The number of carbonyl (C=O) groups excluding carboxylic acids is 1. The quantitative estimate of drug-likeness (QED) is 0.791. The summed E-state index contributed by atoms with van der Waals surface area (Å²) in [5.41, 5.74) is 1.38. The second-order valence-electron chi connectivity index (χ2n) is 4.60. The number of fused-ring (bicyclic) bond motifs is 1. The van der Waals surface area contributed by atoms with Crippen LogP contribution in [0, 0.1) is 0 Å². The smallest absolute Gasteiger partial charge is 0.240 e. The van der Waals surface area contributed by atoms with Crippen LogP contribution in [-0.4, -0.2) is 40.0 Å². The largest absolute Gasteiger partial charge is 0.481 e. The van der Waals surface area contributed by atoms with Crippen molar-refractivity contribution in [2.45, 2.75) is 26.3 Å². The molecule has 7 heteroatoms. The third kappa shape index (κ3) is 3.64. The number of rotatable bonds is 7. The SMILES string of the molecule is CCCNC(=O)Cn1c(CCCl)nc2ccc(OC)nc21. The van der Waals surface area contributed by atoms with Crippen LogP contribution >= 0.6 is 11.6 Å². The number of hydrogen-bond donors (Lipinski definition) is 1. The Morgan fingerprint density at radius 1 is 1.43 bits per heavy atom. The normalized spacial score (nSPS) is 10.8. The molecule has 2 rings (SSSR count). The Hall–Kier alpha value is -1.82. The number of nitrogens with one attached hydrogen (secondary N) is 1. The number of hydrogen-bond acceptors (Lipinski definition) is 4. The number of alkyl halides is 1. The lowest BCUT2D eigenvalue weighted by atomic mass is 10.4. The molecule has 114 valence electrons. The number of aryl methyl sites for hydroxylation is 1. The highest BCUT2D eigenvalue weighted by molar-refractivity contribution is 6.17. The van der Waals surface area contributed by atoms with Gasteiger partial charge in [0.2, 0.25) is 11.8 Å². The second kappa shape index (κ2) is 7.26. The van der Waals surface area contributed by atoms with Gasteiger partial charge in [0.25, 0.3) is 0 Å². The summed E-state index contributed by atoms with van der Waals surface area (Å²) < 4.78 is 6.93. The number of aromatic nitrogens is 3. The van der Waals surface area contributed by atoms with E-state index in [1.54, 1.807) is 17.7 Å². The maximum absolute atomic E-state index is 12.0. The summed E-state index contributed by atoms with van der Waals surface area (Å²) >= 11 is 5.82. The van der Waals surface area contributed by atoms with Crippen LogP contribution in [0.1, 0.15) is 19.2 Å². The topological polar surface area (TPSA) is 69.0 Å². The number of amides is 1. The number of carbonyl (C=O) groups is 1. The zero-order valence-corrected chi connectivity index (χ0v) is 13.0. The molecule has 0 radical (unpaired) electrons. The first kappa shape index (κ1) is 15.6. The zero-order chi connectivity index (χ0) is 15.2. The minimum atomic E-state index is -0.0587. The molecular formula is C14H19ClN4O2. The molecule has 1 amide bonds. The van der Waals surface area contributed by atoms with Gasteiger partial charge in [-0.2, -0.15) is 4.98 Å². The zero-order valence-electron chi connectivity index (χ0n) is 12.2. The van der Waals surface area contributed by atoms with Crippen LogP contribution in [0.4, 0.5) is 0 Å². The van der Waals surface area contributed by atoms with Crippen molar-refractivity contribution >= 4 is 28.7 Å². The van der Waals surface area contributed by atoms with E-state index in [9.17, 15) is 4.79 Å². The van der Waals surface area contributed by atoms with Crippen molar-refractivity contribution in [3.63, 3.8) is 0 Å². The maximum Gasteiger partial charge on any atom is 0.240 e. The average molecular weight is 311 g/mol. The second-order valence-corrected chi connectivity index (χ2v) is 4.98. The monoisotopic (exact) mass is 310 g/mol. The van der Waals surface area contributed by atoms with Crippen molar-refractivity contribution in [2.75, 3.05) is 19.5 Å². The standard InChI is InChI=1S/C14H19ClN4O2/c1-3-8-16-12(20)9-19-11(6-7-15)17-10-4-5-13(21-2)18-14(10)19/h4-5H,3,6-9H2,1-2H3,(H,16,20). The van der Waals surface area contributed by atoms with Gasteiger partial charge in [0, 0.05) is 24.9 Å². The van der Waals surface area contributed by atoms with Gasteiger partial charge in [0.05, 0.1) is 7.11 Å². The van der Waals surface area contributed by atoms with Crippen LogP contribution in [0.25, 0.3) is 11.2 Å². The molecule has 0 aromatic carbocycles. The summed E-state index contributed by atoms with van der Waals surface area (Å²) in [6.07, 6.45) is 1.48. The summed E-state index contributed by atoms with van der Waals surface area (Å²) in [7, 11) is 1.56. The fourth-order valence-corrected chi connectivity index (χ4v) is 2.22. The Labute approximate surface area is 128 Å². The highest BCUT2D eigenvalue weighted by atomic mass is 35.5. The number of imidazole rings is 1. The molecule has 0 aliphatic heterocycles. The molecule has 0 aliphatic carbocycles. The van der Waals surface area contributed by atoms with Crippen molar-refractivity contribution in [2.24, 2.45) is 0 Å². The van der Waals surface area contributed by atoms with Gasteiger partial charge in [-0.15, -0.1) is 11.6 Å². The van der Waals surface area contributed by atoms with Gasteiger partial charge in [-0.3, -0.25) is 4.79 Å². The van der Waals surface area contributed by atoms with Crippen LogP contribution in [-0.2, 0) is 17.8 Å². The van der Waals surface area contributed by atoms with Gasteiger partial charge in [0.1, 0.15) is 17.9 Å². The molecular weight excluding hydrogens is 292 g/mol. The molecule has 6 nitrogen and oxygen atoms in total. The Morgan fingerprint density at radius 2 is 2.24 bits per heavy atom. The predicted molar refractivity (Wildman–Crippen MR) is 81.8 cm³/mol. The summed E-state index contributed by atoms with van der Waals surface area (Å²) in [6.45, 7) is 2.86. The first-order chi connectivity index (χ1) is 10.2. The van der Waals surface area contributed by atoms with Gasteiger partial charge in [0.15, 0.2) is 5.65 Å². The molecule has 0 bridgehead atoms. The third-order valence-electron chi connectivity index (χ3n) is 3.05. The highest BCUT2D eigenvalue weighted by Crippen LogP contribution is 2.18. The first-order valence-corrected chi connectivity index (χ1v) is 7.45. The van der Waals surface area contributed by atoms with E-state index in [4.69, 9.17) is 16.3 Å². The van der Waals surface area contributed by atoms with E-state index >= 15 is 0 Å². The molecule has 0 aliphatic rings. The van der Waals surface area contributed by atoms with Crippen molar-refractivity contribution in [1.29, 1.82) is 0 Å². The Kier molecular flexibility index (Phi) is 5.38. The molecule has 0 unspecified atom stereocenters. The lowest BCUT2D eigenvalue weighted by Gasteiger charge is -2.08. The summed E-state index contributed by atoms with van der Waals surface area (Å²) in [4.78, 5) is 20.8. The summed E-state index contributed by atoms with van der Waals surface area (Å²) in [6, 6.07) is 3.58. The van der Waals surface area contributed by atoms with Crippen LogP contribution in [0.5, 0.6) is 5.88 Å². The van der Waals surface area contributed by atoms with Crippen molar-refractivity contribution < 1.29 is 9.53 Å². The Morgan fingerprint density at radius 3 is 2.90 bits per heavy atom. The third-order valence-corrected chi connectivity index (χ3v) is 3.24. The maximum atomic E-state index is 12.0. The van der Waals surface area contributed by atoms with E-state index in [2.05, 4.69) is 15.3 Å². The molecule has 2 aromatic rings. The van der Waals surface area contributed by atoms with Gasteiger partial charge in [-0.05, 0) is 12.5 Å². The summed E-state index contributed by atoms with van der Waals surface area (Å²) in [5, 5.41) is 2.85. The molecule has 0 spiro atoms. The van der Waals surface area contributed by atoms with E-state index in [1.165, 1.54) is 0 Å². The van der Waals surface area contributed by atoms with Crippen molar-refractivity contribution in [1.82, 2.24) is 19.9 Å². The predicted octanol–water partition coefficient (Wildman–Crippen LogP) is 1.75. The minimum absolute atomic E-state index is 0.0587. The number of nitrogens with zero attached hydrogens (tertiary/aromatic N) is 3. The van der Waals surface area contributed by atoms with E-state index in [0.717, 1.165) is 17.8 Å². The fourth-order valence-electron chi connectivity index (χ4n) is 2.05. The lowest BCUT2D eigenvalue weighted by molar-refractivity contribution is -0.121. The molecule has 0 saturated heterocycles.